The number of aliphatic hydroxyl groups excluding tert-OH is 1. The third-order valence-electron chi connectivity index (χ3n) is 9.89. The number of carbonyl (C=O) groups is 1. The number of nitrogens with one attached hydrogen (secondary N) is 1. The molecule has 300 valence electrons. The van der Waals surface area contributed by atoms with Crippen LogP contribution in [0, 0.1) is 0 Å². The lowest BCUT2D eigenvalue weighted by atomic mass is 10.0. The lowest BCUT2D eigenvalue weighted by molar-refractivity contribution is -0.870. The van der Waals surface area contributed by atoms with Gasteiger partial charge in [0.05, 0.1) is 39.9 Å². The third-order valence-corrected chi connectivity index (χ3v) is 10.9. The predicted octanol–water partition coefficient (Wildman–Crippen LogP) is 11.4. The standard InChI is InChI=1S/C41H85N2O6P/c1-6-7-8-9-10-11-12-13-14-15-16-17-18-19-20-21-22-23-24-25-26-27-28-29-30-31-32-33-34-35-41(45)40(42-39(2)44)38-49-50(46,47)48-37-36-43(3,4)5/h40-41,45H,6-38H2,1-5H3,(H-,42,44,46,47)/p+1. The average molecular weight is 734 g/mol. The van der Waals surface area contributed by atoms with Crippen LogP contribution in [0.4, 0.5) is 0 Å². The van der Waals surface area contributed by atoms with Crippen LogP contribution in [0.1, 0.15) is 206 Å². The molecule has 8 nitrogen and oxygen atoms in total. The number of amides is 1. The van der Waals surface area contributed by atoms with Crippen molar-refractivity contribution in [3.63, 3.8) is 0 Å². The third kappa shape index (κ3) is 37.3. The van der Waals surface area contributed by atoms with Crippen LogP contribution in [0.3, 0.4) is 0 Å². The second-order valence-corrected chi connectivity index (χ2v) is 17.6. The fraction of sp³-hybridized carbons (Fsp3) is 0.976. The highest BCUT2D eigenvalue weighted by molar-refractivity contribution is 7.47. The maximum Gasteiger partial charge on any atom is 0.472 e. The van der Waals surface area contributed by atoms with E-state index in [9.17, 15) is 19.4 Å². The Labute approximate surface area is 310 Å². The van der Waals surface area contributed by atoms with Crippen LogP contribution in [-0.2, 0) is 18.4 Å². The molecule has 0 spiro atoms. The van der Waals surface area contributed by atoms with Crippen molar-refractivity contribution < 1.29 is 32.9 Å². The Hall–Kier alpha value is -0.500. The number of phosphoric acid groups is 1. The topological polar surface area (TPSA) is 105 Å². The predicted molar refractivity (Wildman–Crippen MR) is 212 cm³/mol. The number of rotatable bonds is 39. The quantitative estimate of drug-likeness (QED) is 0.0330. The van der Waals surface area contributed by atoms with Crippen LogP contribution in [0.2, 0.25) is 0 Å². The van der Waals surface area contributed by atoms with Gasteiger partial charge < -0.3 is 19.8 Å². The van der Waals surface area contributed by atoms with Gasteiger partial charge in [0, 0.05) is 6.92 Å². The molecule has 9 heteroatoms. The average Bonchev–Trinajstić information content (AvgIpc) is 3.05. The van der Waals surface area contributed by atoms with Gasteiger partial charge in [0.25, 0.3) is 0 Å². The van der Waals surface area contributed by atoms with Crippen molar-refractivity contribution in [2.75, 3.05) is 40.9 Å². The molecule has 0 saturated heterocycles. The van der Waals surface area contributed by atoms with Gasteiger partial charge in [-0.2, -0.15) is 0 Å². The summed E-state index contributed by atoms with van der Waals surface area (Å²) in [6.45, 7) is 3.99. The molecule has 0 aromatic rings. The number of likely N-dealkylation sites (N-methyl/N-ethyl adjacent to an activating group) is 1. The molecule has 3 unspecified atom stereocenters. The zero-order valence-electron chi connectivity index (χ0n) is 33.9. The van der Waals surface area contributed by atoms with Gasteiger partial charge >= 0.3 is 7.82 Å². The minimum Gasteiger partial charge on any atom is -0.391 e. The van der Waals surface area contributed by atoms with Crippen molar-refractivity contribution >= 4 is 13.7 Å². The first-order valence-electron chi connectivity index (χ1n) is 21.3. The van der Waals surface area contributed by atoms with Gasteiger partial charge in [0.1, 0.15) is 13.2 Å². The lowest BCUT2D eigenvalue weighted by Gasteiger charge is -2.26. The molecule has 1 amide bonds. The molecular weight excluding hydrogens is 647 g/mol. The van der Waals surface area contributed by atoms with Gasteiger partial charge in [-0.15, -0.1) is 0 Å². The summed E-state index contributed by atoms with van der Waals surface area (Å²) >= 11 is 0. The number of quaternary nitrogens is 1. The van der Waals surface area contributed by atoms with E-state index in [-0.39, 0.29) is 19.1 Å². The fourth-order valence-electron chi connectivity index (χ4n) is 6.55. The second-order valence-electron chi connectivity index (χ2n) is 16.2. The number of unbranched alkanes of at least 4 members (excludes halogenated alkanes) is 28. The number of hydrogen-bond acceptors (Lipinski definition) is 5. The summed E-state index contributed by atoms with van der Waals surface area (Å²) < 4.78 is 23.0. The van der Waals surface area contributed by atoms with Crippen LogP contribution >= 0.6 is 7.82 Å². The monoisotopic (exact) mass is 734 g/mol. The smallest absolute Gasteiger partial charge is 0.391 e. The van der Waals surface area contributed by atoms with Gasteiger partial charge in [-0.05, 0) is 6.42 Å². The largest absolute Gasteiger partial charge is 0.472 e. The molecule has 0 fully saturated rings. The van der Waals surface area contributed by atoms with E-state index < -0.39 is 20.0 Å². The normalized spacial score (nSPS) is 14.5. The highest BCUT2D eigenvalue weighted by atomic mass is 31.2. The summed E-state index contributed by atoms with van der Waals surface area (Å²) in [5, 5.41) is 13.3. The van der Waals surface area contributed by atoms with Crippen molar-refractivity contribution in [1.29, 1.82) is 0 Å². The number of aliphatic hydroxyl groups is 1. The summed E-state index contributed by atoms with van der Waals surface area (Å²) in [7, 11) is 1.61. The molecule has 0 aliphatic rings. The summed E-state index contributed by atoms with van der Waals surface area (Å²) in [5.41, 5.74) is 0. The van der Waals surface area contributed by atoms with Gasteiger partial charge in [-0.3, -0.25) is 13.8 Å². The molecule has 0 radical (unpaired) electrons. The zero-order chi connectivity index (χ0) is 37.2. The Kier molecular flexibility index (Phi) is 33.9. The molecule has 0 bridgehead atoms. The SMILES string of the molecule is CCCCCCCCCCCCCCCCCCCCCCCCCCCCCCCC(O)C(COP(=O)(O)OCC[N+](C)(C)C)NC(C)=O. The number of nitrogens with zero attached hydrogens (tertiary/aromatic N) is 1. The van der Waals surface area contributed by atoms with Gasteiger partial charge in [0.2, 0.25) is 5.91 Å². The molecule has 0 saturated carbocycles. The van der Waals surface area contributed by atoms with Crippen molar-refractivity contribution in [3.05, 3.63) is 0 Å². The van der Waals surface area contributed by atoms with E-state index in [1.165, 1.54) is 174 Å². The van der Waals surface area contributed by atoms with Crippen molar-refractivity contribution in [1.82, 2.24) is 5.32 Å². The molecule has 0 aromatic heterocycles. The maximum absolute atomic E-state index is 12.2. The highest BCUT2D eigenvalue weighted by Gasteiger charge is 2.28. The lowest BCUT2D eigenvalue weighted by Crippen LogP contribution is -2.45. The maximum atomic E-state index is 12.2. The van der Waals surface area contributed by atoms with E-state index in [2.05, 4.69) is 12.2 Å². The Morgan fingerprint density at radius 2 is 0.920 bits per heavy atom. The van der Waals surface area contributed by atoms with Crippen molar-refractivity contribution in [2.24, 2.45) is 0 Å². The van der Waals surface area contributed by atoms with Gasteiger partial charge in [0.15, 0.2) is 0 Å². The summed E-state index contributed by atoms with van der Waals surface area (Å²) in [4.78, 5) is 21.6. The second kappa shape index (κ2) is 34.3. The van der Waals surface area contributed by atoms with E-state index in [0.29, 0.717) is 17.4 Å². The van der Waals surface area contributed by atoms with Crippen molar-refractivity contribution in [2.45, 2.75) is 219 Å². The Balaban J connectivity index is 3.55. The van der Waals surface area contributed by atoms with Crippen molar-refractivity contribution in [3.8, 4) is 0 Å². The first-order valence-corrected chi connectivity index (χ1v) is 22.8. The van der Waals surface area contributed by atoms with Crippen LogP contribution in [0.25, 0.3) is 0 Å². The number of carbonyl (C=O) groups excluding carboxylic acids is 1. The Morgan fingerprint density at radius 3 is 1.22 bits per heavy atom. The minimum absolute atomic E-state index is 0.0737. The molecule has 0 aliphatic carbocycles. The highest BCUT2D eigenvalue weighted by Crippen LogP contribution is 2.43. The van der Waals surface area contributed by atoms with E-state index in [0.717, 1.165) is 19.3 Å². The summed E-state index contributed by atoms with van der Waals surface area (Å²) in [6, 6.07) is -0.756. The van der Waals surface area contributed by atoms with Gasteiger partial charge in [-0.25, -0.2) is 4.57 Å². The fourth-order valence-corrected chi connectivity index (χ4v) is 7.29. The molecule has 0 aromatic carbocycles. The molecule has 0 heterocycles. The molecule has 3 N–H and O–H groups in total. The Morgan fingerprint density at radius 1 is 0.600 bits per heavy atom. The first kappa shape index (κ1) is 49.5. The van der Waals surface area contributed by atoms with Crippen LogP contribution < -0.4 is 5.32 Å². The van der Waals surface area contributed by atoms with E-state index >= 15 is 0 Å². The molecule has 3 atom stereocenters. The molecule has 50 heavy (non-hydrogen) atoms. The number of hydrogen-bond donors (Lipinski definition) is 3. The first-order chi connectivity index (χ1) is 24.0. The molecule has 0 aliphatic heterocycles. The van der Waals surface area contributed by atoms with Crippen LogP contribution in [0.5, 0.6) is 0 Å². The van der Waals surface area contributed by atoms with E-state index in [1.807, 2.05) is 21.1 Å². The zero-order valence-corrected chi connectivity index (χ0v) is 34.8. The molecule has 0 rings (SSSR count). The van der Waals surface area contributed by atoms with Crippen LogP contribution in [0.15, 0.2) is 0 Å². The number of phosphoric ester groups is 1. The summed E-state index contributed by atoms with van der Waals surface area (Å²) in [6.07, 6.45) is 39.3. The minimum atomic E-state index is -4.26. The van der Waals surface area contributed by atoms with Gasteiger partial charge in [-0.1, -0.05) is 193 Å². The van der Waals surface area contributed by atoms with Crippen LogP contribution in [-0.4, -0.2) is 73.4 Å². The molecular formula is C41H86N2O6P+. The summed E-state index contributed by atoms with van der Waals surface area (Å²) in [5.74, 6) is -0.318. The van der Waals surface area contributed by atoms with E-state index in [4.69, 9.17) is 9.05 Å². The Bertz CT molecular complexity index is 794. The van der Waals surface area contributed by atoms with E-state index in [1.54, 1.807) is 0 Å².